The molecule has 0 aliphatic rings. The van der Waals surface area contributed by atoms with Gasteiger partial charge in [-0.1, -0.05) is 6.07 Å². The summed E-state index contributed by atoms with van der Waals surface area (Å²) in [5.41, 5.74) is 2.94. The van der Waals surface area contributed by atoms with Crippen molar-refractivity contribution in [1.82, 2.24) is 10.3 Å². The molecule has 0 saturated heterocycles. The van der Waals surface area contributed by atoms with Gasteiger partial charge in [-0.15, -0.1) is 0 Å². The van der Waals surface area contributed by atoms with Crippen LogP contribution in [0.3, 0.4) is 0 Å². The van der Waals surface area contributed by atoms with Crippen LogP contribution < -0.4 is 10.1 Å². The second-order valence-corrected chi connectivity index (χ2v) is 4.51. The molecular weight excluding hydrogens is 244 g/mol. The van der Waals surface area contributed by atoms with Crippen LogP contribution in [0, 0.1) is 6.92 Å². The van der Waals surface area contributed by atoms with E-state index in [0.717, 1.165) is 22.0 Å². The molecular formula is C14H16N2O3. The molecule has 5 nitrogen and oxygen atoms in total. The van der Waals surface area contributed by atoms with Gasteiger partial charge in [0.2, 0.25) is 11.8 Å². The van der Waals surface area contributed by atoms with Crippen LogP contribution in [0.1, 0.15) is 25.0 Å². The van der Waals surface area contributed by atoms with E-state index in [2.05, 4.69) is 10.3 Å². The molecule has 19 heavy (non-hydrogen) atoms. The van der Waals surface area contributed by atoms with Crippen LogP contribution in [-0.4, -0.2) is 16.9 Å². The van der Waals surface area contributed by atoms with Crippen molar-refractivity contribution < 1.29 is 14.3 Å². The molecule has 2 aromatic rings. The lowest BCUT2D eigenvalue weighted by atomic mass is 10.1. The molecule has 0 spiro atoms. The SMILES string of the molecule is CC(=O)NCc1cc(C)c2cc(OC(C)=O)[nH]c2c1. The fraction of sp³-hybridized carbons (Fsp3) is 0.286. The number of H-pyrrole nitrogens is 1. The van der Waals surface area contributed by atoms with E-state index >= 15 is 0 Å². The Morgan fingerprint density at radius 1 is 1.26 bits per heavy atom. The number of hydrogen-bond acceptors (Lipinski definition) is 3. The van der Waals surface area contributed by atoms with Crippen LogP contribution in [0.2, 0.25) is 0 Å². The first-order valence-electron chi connectivity index (χ1n) is 6.01. The van der Waals surface area contributed by atoms with Gasteiger partial charge in [0.05, 0.1) is 0 Å². The maximum atomic E-state index is 10.9. The van der Waals surface area contributed by atoms with Gasteiger partial charge in [-0.25, -0.2) is 0 Å². The Hall–Kier alpha value is -2.30. The molecule has 5 heteroatoms. The largest absolute Gasteiger partial charge is 0.410 e. The van der Waals surface area contributed by atoms with Crippen LogP contribution in [0.25, 0.3) is 10.9 Å². The van der Waals surface area contributed by atoms with E-state index < -0.39 is 0 Å². The van der Waals surface area contributed by atoms with Crippen molar-refractivity contribution in [3.8, 4) is 5.88 Å². The Bertz CT molecular complexity index is 643. The first-order chi connectivity index (χ1) is 8.95. The van der Waals surface area contributed by atoms with Gasteiger partial charge in [-0.05, 0) is 24.1 Å². The highest BCUT2D eigenvalue weighted by Gasteiger charge is 2.08. The van der Waals surface area contributed by atoms with Gasteiger partial charge in [0.1, 0.15) is 0 Å². The highest BCUT2D eigenvalue weighted by molar-refractivity contribution is 5.86. The average molecular weight is 260 g/mol. The van der Waals surface area contributed by atoms with Crippen molar-refractivity contribution in [3.63, 3.8) is 0 Å². The number of aromatic amines is 1. The fourth-order valence-electron chi connectivity index (χ4n) is 2.01. The molecule has 0 radical (unpaired) electrons. The predicted octanol–water partition coefficient (Wildman–Crippen LogP) is 2.04. The summed E-state index contributed by atoms with van der Waals surface area (Å²) >= 11 is 0. The Morgan fingerprint density at radius 3 is 2.63 bits per heavy atom. The number of carbonyl (C=O) groups excluding carboxylic acids is 2. The number of esters is 1. The molecule has 0 saturated carbocycles. The smallest absolute Gasteiger partial charge is 0.309 e. The highest BCUT2D eigenvalue weighted by Crippen LogP contribution is 2.25. The number of aryl methyl sites for hydroxylation is 1. The number of benzene rings is 1. The molecule has 0 aliphatic carbocycles. The summed E-state index contributed by atoms with van der Waals surface area (Å²) in [6.45, 7) is 5.30. The maximum absolute atomic E-state index is 10.9. The summed E-state index contributed by atoms with van der Waals surface area (Å²) in [6.07, 6.45) is 0. The van der Waals surface area contributed by atoms with Crippen molar-refractivity contribution >= 4 is 22.8 Å². The van der Waals surface area contributed by atoms with Crippen molar-refractivity contribution in [2.45, 2.75) is 27.3 Å². The number of amides is 1. The summed E-state index contributed by atoms with van der Waals surface area (Å²) in [6, 6.07) is 5.74. The number of nitrogens with one attached hydrogen (secondary N) is 2. The second-order valence-electron chi connectivity index (χ2n) is 4.51. The van der Waals surface area contributed by atoms with Gasteiger partial charge in [0.15, 0.2) is 0 Å². The zero-order valence-electron chi connectivity index (χ0n) is 11.2. The zero-order chi connectivity index (χ0) is 14.0. The Balaban J connectivity index is 2.33. The minimum absolute atomic E-state index is 0.0650. The normalized spacial score (nSPS) is 10.5. The summed E-state index contributed by atoms with van der Waals surface area (Å²) < 4.78 is 5.03. The van der Waals surface area contributed by atoms with E-state index in [-0.39, 0.29) is 11.9 Å². The lowest BCUT2D eigenvalue weighted by Gasteiger charge is -2.04. The van der Waals surface area contributed by atoms with Crippen molar-refractivity contribution in [1.29, 1.82) is 0 Å². The molecule has 0 unspecified atom stereocenters. The lowest BCUT2D eigenvalue weighted by molar-refractivity contribution is -0.132. The number of rotatable bonds is 3. The van der Waals surface area contributed by atoms with E-state index in [9.17, 15) is 9.59 Å². The van der Waals surface area contributed by atoms with Gasteiger partial charge in [-0.2, -0.15) is 0 Å². The topological polar surface area (TPSA) is 71.2 Å². The number of aromatic nitrogens is 1. The van der Waals surface area contributed by atoms with Gasteiger partial charge < -0.3 is 15.0 Å². The standard InChI is InChI=1S/C14H16N2O3/c1-8-4-11(7-15-9(2)17)5-13-12(8)6-14(16-13)19-10(3)18/h4-6,16H,7H2,1-3H3,(H,15,17). The third kappa shape index (κ3) is 3.13. The minimum atomic E-state index is -0.359. The van der Waals surface area contributed by atoms with Crippen LogP contribution in [0.15, 0.2) is 18.2 Å². The first-order valence-corrected chi connectivity index (χ1v) is 6.01. The van der Waals surface area contributed by atoms with Crippen LogP contribution in [-0.2, 0) is 16.1 Å². The molecule has 1 aromatic heterocycles. The quantitative estimate of drug-likeness (QED) is 0.829. The molecule has 0 aliphatic heterocycles. The Labute approximate surface area is 110 Å². The third-order valence-electron chi connectivity index (χ3n) is 2.78. The zero-order valence-corrected chi connectivity index (χ0v) is 11.2. The first kappa shape index (κ1) is 13.1. The average Bonchev–Trinajstić information content (AvgIpc) is 2.68. The van der Waals surface area contributed by atoms with E-state index in [1.165, 1.54) is 13.8 Å². The molecule has 1 amide bonds. The molecule has 100 valence electrons. The van der Waals surface area contributed by atoms with E-state index in [0.29, 0.717) is 12.4 Å². The van der Waals surface area contributed by atoms with Gasteiger partial charge >= 0.3 is 5.97 Å². The van der Waals surface area contributed by atoms with Crippen LogP contribution in [0.5, 0.6) is 5.88 Å². The summed E-state index contributed by atoms with van der Waals surface area (Å²) in [7, 11) is 0. The maximum Gasteiger partial charge on any atom is 0.309 e. The number of fused-ring (bicyclic) bond motifs is 1. The molecule has 2 N–H and O–H groups in total. The Morgan fingerprint density at radius 2 is 2.00 bits per heavy atom. The van der Waals surface area contributed by atoms with Crippen molar-refractivity contribution in [3.05, 3.63) is 29.3 Å². The van der Waals surface area contributed by atoms with E-state index in [4.69, 9.17) is 4.74 Å². The summed E-state index contributed by atoms with van der Waals surface area (Å²) in [5, 5.41) is 3.76. The number of hydrogen-bond donors (Lipinski definition) is 2. The molecule has 1 heterocycles. The fourth-order valence-corrected chi connectivity index (χ4v) is 2.01. The lowest BCUT2D eigenvalue weighted by Crippen LogP contribution is -2.18. The monoisotopic (exact) mass is 260 g/mol. The van der Waals surface area contributed by atoms with E-state index in [1.54, 1.807) is 6.07 Å². The van der Waals surface area contributed by atoms with Gasteiger partial charge in [-0.3, -0.25) is 9.59 Å². The molecule has 2 rings (SSSR count). The third-order valence-corrected chi connectivity index (χ3v) is 2.78. The van der Waals surface area contributed by atoms with Gasteiger partial charge in [0, 0.05) is 37.4 Å². The van der Waals surface area contributed by atoms with Crippen LogP contribution in [0.4, 0.5) is 0 Å². The van der Waals surface area contributed by atoms with Gasteiger partial charge in [0.25, 0.3) is 0 Å². The predicted molar refractivity (Wildman–Crippen MR) is 71.9 cm³/mol. The highest BCUT2D eigenvalue weighted by atomic mass is 16.5. The molecule has 0 fully saturated rings. The molecule has 0 atom stereocenters. The van der Waals surface area contributed by atoms with E-state index in [1.807, 2.05) is 19.1 Å². The molecule has 1 aromatic carbocycles. The Kier molecular flexibility index (Phi) is 3.55. The summed E-state index contributed by atoms with van der Waals surface area (Å²) in [4.78, 5) is 24.9. The summed E-state index contributed by atoms with van der Waals surface area (Å²) in [5.74, 6) is 0.00907. The molecule has 0 bridgehead atoms. The second kappa shape index (κ2) is 5.14. The number of carbonyl (C=O) groups is 2. The van der Waals surface area contributed by atoms with Crippen molar-refractivity contribution in [2.75, 3.05) is 0 Å². The minimum Gasteiger partial charge on any atom is -0.410 e. The number of ether oxygens (including phenoxy) is 1. The van der Waals surface area contributed by atoms with Crippen LogP contribution >= 0.6 is 0 Å². The van der Waals surface area contributed by atoms with Crippen molar-refractivity contribution in [2.24, 2.45) is 0 Å².